The van der Waals surface area contributed by atoms with E-state index in [1.165, 1.54) is 31.0 Å². The van der Waals surface area contributed by atoms with Crippen LogP contribution in [-0.2, 0) is 11.2 Å². The number of likely N-dealkylation sites (tertiary alicyclic amines) is 1. The van der Waals surface area contributed by atoms with E-state index in [2.05, 4.69) is 39.3 Å². The number of nitrogens with one attached hydrogen (secondary N) is 2. The SMILES string of the molecule is CCc1ccc(OCC2CC2)c(-c2ncnc3c(C(=O)N[C@H]4CN(C(=O)[C@H](C)O)C[C@H]4O)c(C)[nH]c23)c1. The third-order valence-corrected chi connectivity index (χ3v) is 7.15. The van der Waals surface area contributed by atoms with Gasteiger partial charge in [0.1, 0.15) is 29.4 Å². The molecule has 37 heavy (non-hydrogen) atoms. The number of hydrogen-bond donors (Lipinski definition) is 4. The number of H-pyrrole nitrogens is 1. The quantitative estimate of drug-likeness (QED) is 0.365. The van der Waals surface area contributed by atoms with Crippen LogP contribution in [0.5, 0.6) is 5.75 Å². The monoisotopic (exact) mass is 507 g/mol. The summed E-state index contributed by atoms with van der Waals surface area (Å²) in [5.74, 6) is 0.464. The molecule has 1 saturated heterocycles. The highest BCUT2D eigenvalue weighted by molar-refractivity contribution is 6.09. The van der Waals surface area contributed by atoms with Gasteiger partial charge in [-0.1, -0.05) is 13.0 Å². The van der Waals surface area contributed by atoms with Crippen molar-refractivity contribution in [2.75, 3.05) is 19.7 Å². The highest BCUT2D eigenvalue weighted by Gasteiger charge is 2.37. The number of aliphatic hydroxyl groups excluding tert-OH is 2. The summed E-state index contributed by atoms with van der Waals surface area (Å²) in [6.07, 6.45) is 2.57. The fraction of sp³-hybridized carbons (Fsp3) is 0.481. The lowest BCUT2D eigenvalue weighted by atomic mass is 10.0. The maximum Gasteiger partial charge on any atom is 0.255 e. The van der Waals surface area contributed by atoms with Crippen LogP contribution in [0.3, 0.4) is 0 Å². The molecule has 0 unspecified atom stereocenters. The predicted molar refractivity (Wildman–Crippen MR) is 137 cm³/mol. The molecular weight excluding hydrogens is 474 g/mol. The lowest BCUT2D eigenvalue weighted by Crippen LogP contribution is -2.43. The fourth-order valence-corrected chi connectivity index (χ4v) is 4.82. The normalized spacial score (nSPS) is 20.3. The molecule has 0 radical (unpaired) electrons. The Bertz CT molecular complexity index is 1330. The number of ether oxygens (including phenoxy) is 1. The second-order valence-electron chi connectivity index (χ2n) is 10.1. The number of nitrogens with zero attached hydrogens (tertiary/aromatic N) is 3. The Balaban J connectivity index is 1.45. The largest absolute Gasteiger partial charge is 0.493 e. The summed E-state index contributed by atoms with van der Waals surface area (Å²) in [6.45, 7) is 6.10. The number of aromatic amines is 1. The first-order valence-electron chi connectivity index (χ1n) is 12.8. The predicted octanol–water partition coefficient (Wildman–Crippen LogP) is 1.97. The molecule has 1 aromatic carbocycles. The van der Waals surface area contributed by atoms with Gasteiger partial charge < -0.3 is 30.2 Å². The Labute approximate surface area is 215 Å². The second-order valence-corrected chi connectivity index (χ2v) is 10.1. The van der Waals surface area contributed by atoms with Gasteiger partial charge in [0.25, 0.3) is 11.8 Å². The molecule has 196 valence electrons. The van der Waals surface area contributed by atoms with Crippen molar-refractivity contribution in [3.8, 4) is 17.0 Å². The minimum atomic E-state index is -1.17. The van der Waals surface area contributed by atoms with Crippen molar-refractivity contribution in [2.45, 2.75) is 58.3 Å². The molecule has 1 aliphatic heterocycles. The Kier molecular flexibility index (Phi) is 6.87. The van der Waals surface area contributed by atoms with E-state index in [0.717, 1.165) is 23.3 Å². The first-order chi connectivity index (χ1) is 17.8. The van der Waals surface area contributed by atoms with E-state index in [9.17, 15) is 19.8 Å². The van der Waals surface area contributed by atoms with Crippen LogP contribution in [0.2, 0.25) is 0 Å². The first-order valence-corrected chi connectivity index (χ1v) is 12.8. The number of carbonyl (C=O) groups is 2. The van der Waals surface area contributed by atoms with Crippen LogP contribution >= 0.6 is 0 Å². The van der Waals surface area contributed by atoms with Gasteiger partial charge in [-0.05, 0) is 56.7 Å². The second kappa shape index (κ2) is 10.1. The van der Waals surface area contributed by atoms with Gasteiger partial charge in [0.2, 0.25) is 0 Å². The van der Waals surface area contributed by atoms with Gasteiger partial charge in [-0.15, -0.1) is 0 Å². The number of fused-ring (bicyclic) bond motifs is 1. The van der Waals surface area contributed by atoms with E-state index in [-0.39, 0.29) is 13.1 Å². The molecule has 1 saturated carbocycles. The lowest BCUT2D eigenvalue weighted by molar-refractivity contribution is -0.138. The Morgan fingerprint density at radius 2 is 2.05 bits per heavy atom. The van der Waals surface area contributed by atoms with Gasteiger partial charge in [0, 0.05) is 24.3 Å². The smallest absolute Gasteiger partial charge is 0.255 e. The Morgan fingerprint density at radius 3 is 2.76 bits per heavy atom. The number of hydrogen-bond acceptors (Lipinski definition) is 7. The number of β-amino-alcohol motifs (C(OH)–C–C–N with tert-alkyl or cyclic N) is 1. The van der Waals surface area contributed by atoms with Crippen molar-refractivity contribution in [1.82, 2.24) is 25.2 Å². The van der Waals surface area contributed by atoms with E-state index in [1.807, 2.05) is 6.07 Å². The summed E-state index contributed by atoms with van der Waals surface area (Å²) in [6, 6.07) is 5.45. The van der Waals surface area contributed by atoms with E-state index in [1.54, 1.807) is 6.92 Å². The molecule has 2 fully saturated rings. The molecule has 0 bridgehead atoms. The topological polar surface area (TPSA) is 141 Å². The summed E-state index contributed by atoms with van der Waals surface area (Å²) < 4.78 is 6.16. The number of aryl methyl sites for hydroxylation is 2. The molecule has 10 heteroatoms. The third kappa shape index (κ3) is 5.03. The van der Waals surface area contributed by atoms with E-state index in [0.29, 0.717) is 40.5 Å². The molecule has 0 spiro atoms. The number of benzene rings is 1. The van der Waals surface area contributed by atoms with Gasteiger partial charge in [-0.2, -0.15) is 0 Å². The van der Waals surface area contributed by atoms with Crippen LogP contribution in [-0.4, -0.2) is 79.8 Å². The zero-order valence-electron chi connectivity index (χ0n) is 21.3. The molecule has 3 aromatic rings. The third-order valence-electron chi connectivity index (χ3n) is 7.15. The first kappa shape index (κ1) is 25.2. The van der Waals surface area contributed by atoms with Crippen molar-refractivity contribution in [3.63, 3.8) is 0 Å². The van der Waals surface area contributed by atoms with E-state index in [4.69, 9.17) is 4.74 Å². The van der Waals surface area contributed by atoms with Crippen molar-refractivity contribution in [3.05, 3.63) is 41.3 Å². The zero-order valence-corrected chi connectivity index (χ0v) is 21.3. The standard InChI is InChI=1S/C27H33N5O5/c1-4-16-7-8-21(37-12-17-5-6-17)18(9-16)23-25-24(29-13-28-23)22(14(2)30-25)26(35)31-19-10-32(11-20(19)34)27(36)15(3)33/h7-9,13,15,17,19-20,30,33-34H,4-6,10-12H2,1-3H3,(H,31,35)/t15-,19-,20+/m0/s1. The molecule has 3 atom stereocenters. The van der Waals surface area contributed by atoms with Crippen molar-refractivity contribution >= 4 is 22.8 Å². The molecule has 2 aliphatic rings. The summed E-state index contributed by atoms with van der Waals surface area (Å²) >= 11 is 0. The Hall–Kier alpha value is -3.50. The van der Waals surface area contributed by atoms with Crippen LogP contribution < -0.4 is 10.1 Å². The van der Waals surface area contributed by atoms with Crippen LogP contribution in [0.1, 0.15) is 48.3 Å². The van der Waals surface area contributed by atoms with Gasteiger partial charge in [0.15, 0.2) is 0 Å². The molecule has 1 aliphatic carbocycles. The minimum absolute atomic E-state index is 0.0469. The van der Waals surface area contributed by atoms with Crippen molar-refractivity contribution in [2.24, 2.45) is 5.92 Å². The van der Waals surface area contributed by atoms with Crippen LogP contribution in [0.25, 0.3) is 22.3 Å². The average Bonchev–Trinajstić information content (AvgIpc) is 3.55. The van der Waals surface area contributed by atoms with Gasteiger partial charge in [0.05, 0.1) is 29.8 Å². The summed E-state index contributed by atoms with van der Waals surface area (Å²) in [5, 5.41) is 22.9. The zero-order chi connectivity index (χ0) is 26.3. The summed E-state index contributed by atoms with van der Waals surface area (Å²) in [5.41, 5.74) is 4.73. The van der Waals surface area contributed by atoms with Crippen molar-refractivity contribution in [1.29, 1.82) is 0 Å². The van der Waals surface area contributed by atoms with Gasteiger partial charge in [-0.25, -0.2) is 9.97 Å². The van der Waals surface area contributed by atoms with Crippen LogP contribution in [0.15, 0.2) is 24.5 Å². The molecule has 3 heterocycles. The van der Waals surface area contributed by atoms with E-state index < -0.39 is 30.1 Å². The summed E-state index contributed by atoms with van der Waals surface area (Å²) in [7, 11) is 0. The fourth-order valence-electron chi connectivity index (χ4n) is 4.82. The van der Waals surface area contributed by atoms with Gasteiger partial charge in [-0.3, -0.25) is 9.59 Å². The van der Waals surface area contributed by atoms with E-state index >= 15 is 0 Å². The molecular formula is C27H33N5O5. The molecule has 4 N–H and O–H groups in total. The maximum absolute atomic E-state index is 13.4. The molecule has 5 rings (SSSR count). The number of rotatable bonds is 8. The molecule has 10 nitrogen and oxygen atoms in total. The van der Waals surface area contributed by atoms with Crippen molar-refractivity contribution < 1.29 is 24.5 Å². The lowest BCUT2D eigenvalue weighted by Gasteiger charge is -2.18. The van der Waals surface area contributed by atoms with Crippen LogP contribution in [0, 0.1) is 12.8 Å². The molecule has 2 amide bonds. The average molecular weight is 508 g/mol. The number of carbonyl (C=O) groups excluding carboxylic acids is 2. The molecule has 2 aromatic heterocycles. The highest BCUT2D eigenvalue weighted by atomic mass is 16.5. The summed E-state index contributed by atoms with van der Waals surface area (Å²) in [4.78, 5) is 39.1. The van der Waals surface area contributed by atoms with Crippen LogP contribution in [0.4, 0.5) is 0 Å². The Morgan fingerprint density at radius 1 is 1.27 bits per heavy atom. The highest BCUT2D eigenvalue weighted by Crippen LogP contribution is 2.37. The number of aromatic nitrogens is 3. The minimum Gasteiger partial charge on any atom is -0.493 e. The number of aliphatic hydroxyl groups is 2. The number of amides is 2. The van der Waals surface area contributed by atoms with Gasteiger partial charge >= 0.3 is 0 Å². The maximum atomic E-state index is 13.4.